The SMILES string of the molecule is CSC(C)CCNC(=O)c1cc[nH]c(=O)c1. The number of nitrogens with one attached hydrogen (secondary N) is 2. The lowest BCUT2D eigenvalue weighted by molar-refractivity contribution is 0.0953. The molecule has 0 aliphatic rings. The van der Waals surface area contributed by atoms with Gasteiger partial charge in [0.25, 0.3) is 5.91 Å². The summed E-state index contributed by atoms with van der Waals surface area (Å²) in [4.78, 5) is 25.1. The highest BCUT2D eigenvalue weighted by molar-refractivity contribution is 7.99. The first-order chi connectivity index (χ1) is 7.63. The van der Waals surface area contributed by atoms with Crippen LogP contribution in [0.15, 0.2) is 23.1 Å². The molecule has 16 heavy (non-hydrogen) atoms. The zero-order chi connectivity index (χ0) is 12.0. The standard InChI is InChI=1S/C11H16N2O2S/c1-8(16-2)3-5-13-11(15)9-4-6-12-10(14)7-9/h4,6-8H,3,5H2,1-2H3,(H,12,14)(H,13,15). The zero-order valence-electron chi connectivity index (χ0n) is 9.45. The van der Waals surface area contributed by atoms with Crippen molar-refractivity contribution in [2.24, 2.45) is 0 Å². The summed E-state index contributed by atoms with van der Waals surface area (Å²) >= 11 is 1.77. The lowest BCUT2D eigenvalue weighted by atomic mass is 10.2. The van der Waals surface area contributed by atoms with Crippen LogP contribution in [0, 0.1) is 0 Å². The number of hydrogen-bond donors (Lipinski definition) is 2. The summed E-state index contributed by atoms with van der Waals surface area (Å²) in [6.07, 6.45) is 4.45. The van der Waals surface area contributed by atoms with Crippen molar-refractivity contribution >= 4 is 17.7 Å². The van der Waals surface area contributed by atoms with E-state index in [0.29, 0.717) is 17.4 Å². The molecule has 0 aliphatic heterocycles. The Labute approximate surface area is 98.8 Å². The van der Waals surface area contributed by atoms with Gasteiger partial charge in [0.05, 0.1) is 0 Å². The van der Waals surface area contributed by atoms with Crippen LogP contribution >= 0.6 is 11.8 Å². The molecule has 1 amide bonds. The predicted molar refractivity (Wildman–Crippen MR) is 67.0 cm³/mol. The number of H-pyrrole nitrogens is 1. The maximum absolute atomic E-state index is 11.6. The molecule has 1 aromatic rings. The third kappa shape index (κ3) is 4.10. The summed E-state index contributed by atoms with van der Waals surface area (Å²) < 4.78 is 0. The van der Waals surface area contributed by atoms with Gasteiger partial charge in [-0.1, -0.05) is 6.92 Å². The normalized spacial score (nSPS) is 12.1. The Morgan fingerprint density at radius 3 is 3.00 bits per heavy atom. The van der Waals surface area contributed by atoms with Gasteiger partial charge in [-0.25, -0.2) is 0 Å². The summed E-state index contributed by atoms with van der Waals surface area (Å²) in [7, 11) is 0. The molecule has 1 aromatic heterocycles. The number of amides is 1. The summed E-state index contributed by atoms with van der Waals surface area (Å²) in [5.74, 6) is -0.195. The molecule has 1 atom stereocenters. The average molecular weight is 240 g/mol. The molecule has 88 valence electrons. The molecule has 1 unspecified atom stereocenters. The lowest BCUT2D eigenvalue weighted by Crippen LogP contribution is -2.27. The molecule has 0 aromatic carbocycles. The van der Waals surface area contributed by atoms with Gasteiger partial charge >= 0.3 is 0 Å². The van der Waals surface area contributed by atoms with Gasteiger partial charge in [0.1, 0.15) is 0 Å². The van der Waals surface area contributed by atoms with Crippen LogP contribution < -0.4 is 10.9 Å². The maximum Gasteiger partial charge on any atom is 0.251 e. The number of aromatic nitrogens is 1. The van der Waals surface area contributed by atoms with E-state index in [1.165, 1.54) is 12.3 Å². The highest BCUT2D eigenvalue weighted by Gasteiger charge is 2.06. The summed E-state index contributed by atoms with van der Waals surface area (Å²) in [5, 5.41) is 3.31. The van der Waals surface area contributed by atoms with Gasteiger partial charge in [0.2, 0.25) is 5.56 Å². The number of carbonyl (C=O) groups is 1. The van der Waals surface area contributed by atoms with E-state index in [4.69, 9.17) is 0 Å². The maximum atomic E-state index is 11.6. The number of carbonyl (C=O) groups excluding carboxylic acids is 1. The molecule has 4 nitrogen and oxygen atoms in total. The van der Waals surface area contributed by atoms with E-state index in [9.17, 15) is 9.59 Å². The van der Waals surface area contributed by atoms with E-state index in [-0.39, 0.29) is 11.5 Å². The minimum absolute atomic E-state index is 0.195. The van der Waals surface area contributed by atoms with Crippen molar-refractivity contribution < 1.29 is 4.79 Å². The number of pyridine rings is 1. The van der Waals surface area contributed by atoms with E-state index in [0.717, 1.165) is 6.42 Å². The fourth-order valence-electron chi connectivity index (χ4n) is 1.19. The fraction of sp³-hybridized carbons (Fsp3) is 0.455. The second-order valence-corrected chi connectivity index (χ2v) is 4.81. The number of thioether (sulfide) groups is 1. The van der Waals surface area contributed by atoms with Gasteiger partial charge in [0.15, 0.2) is 0 Å². The number of rotatable bonds is 5. The van der Waals surface area contributed by atoms with Crippen LogP contribution in [0.4, 0.5) is 0 Å². The van der Waals surface area contributed by atoms with Crippen LogP contribution in [-0.2, 0) is 0 Å². The number of hydrogen-bond acceptors (Lipinski definition) is 3. The average Bonchev–Trinajstić information content (AvgIpc) is 2.28. The van der Waals surface area contributed by atoms with E-state index in [1.54, 1.807) is 17.8 Å². The molecule has 0 fully saturated rings. The minimum Gasteiger partial charge on any atom is -0.352 e. The van der Waals surface area contributed by atoms with Gasteiger partial charge in [-0.3, -0.25) is 9.59 Å². The summed E-state index contributed by atoms with van der Waals surface area (Å²) in [6, 6.07) is 2.89. The Morgan fingerprint density at radius 2 is 2.38 bits per heavy atom. The van der Waals surface area contributed by atoms with Crippen molar-refractivity contribution in [1.29, 1.82) is 0 Å². The Balaban J connectivity index is 2.44. The van der Waals surface area contributed by atoms with Crippen LogP contribution in [0.1, 0.15) is 23.7 Å². The van der Waals surface area contributed by atoms with E-state index < -0.39 is 0 Å². The van der Waals surface area contributed by atoms with Crippen LogP contribution in [0.3, 0.4) is 0 Å². The molecular weight excluding hydrogens is 224 g/mol. The van der Waals surface area contributed by atoms with E-state index >= 15 is 0 Å². The van der Waals surface area contributed by atoms with E-state index in [2.05, 4.69) is 17.2 Å². The minimum atomic E-state index is -0.259. The van der Waals surface area contributed by atoms with Crippen LogP contribution in [0.2, 0.25) is 0 Å². The quantitative estimate of drug-likeness (QED) is 0.814. The first-order valence-electron chi connectivity index (χ1n) is 5.13. The fourth-order valence-corrected chi connectivity index (χ4v) is 1.55. The Morgan fingerprint density at radius 1 is 1.62 bits per heavy atom. The Bertz CT molecular complexity index is 403. The Kier molecular flexibility index (Phi) is 5.11. The van der Waals surface area contributed by atoms with Crippen molar-refractivity contribution in [2.75, 3.05) is 12.8 Å². The molecule has 0 aliphatic carbocycles. The Hall–Kier alpha value is -1.23. The largest absolute Gasteiger partial charge is 0.352 e. The molecule has 1 heterocycles. The highest BCUT2D eigenvalue weighted by atomic mass is 32.2. The van der Waals surface area contributed by atoms with Gasteiger partial charge in [-0.05, 0) is 18.7 Å². The van der Waals surface area contributed by atoms with Gasteiger partial charge in [-0.15, -0.1) is 0 Å². The van der Waals surface area contributed by atoms with E-state index in [1.807, 2.05) is 6.26 Å². The topological polar surface area (TPSA) is 62.0 Å². The first kappa shape index (κ1) is 12.8. The molecule has 1 rings (SSSR count). The smallest absolute Gasteiger partial charge is 0.251 e. The zero-order valence-corrected chi connectivity index (χ0v) is 10.3. The monoisotopic (exact) mass is 240 g/mol. The highest BCUT2D eigenvalue weighted by Crippen LogP contribution is 2.08. The van der Waals surface area contributed by atoms with Crippen molar-refractivity contribution in [1.82, 2.24) is 10.3 Å². The first-order valence-corrected chi connectivity index (χ1v) is 6.42. The summed E-state index contributed by atoms with van der Waals surface area (Å²) in [5.41, 5.74) is 0.144. The van der Waals surface area contributed by atoms with Crippen LogP contribution in [-0.4, -0.2) is 28.9 Å². The molecule has 0 spiro atoms. The second-order valence-electron chi connectivity index (χ2n) is 3.53. The van der Waals surface area contributed by atoms with Crippen molar-refractivity contribution in [2.45, 2.75) is 18.6 Å². The third-order valence-corrected chi connectivity index (χ3v) is 3.32. The second kappa shape index (κ2) is 6.37. The van der Waals surface area contributed by atoms with Gasteiger partial charge < -0.3 is 10.3 Å². The molecule has 2 N–H and O–H groups in total. The molecule has 0 radical (unpaired) electrons. The summed E-state index contributed by atoms with van der Waals surface area (Å²) in [6.45, 7) is 2.75. The molecule has 0 bridgehead atoms. The van der Waals surface area contributed by atoms with Crippen molar-refractivity contribution in [3.8, 4) is 0 Å². The van der Waals surface area contributed by atoms with Crippen LogP contribution in [0.5, 0.6) is 0 Å². The van der Waals surface area contributed by atoms with Crippen molar-refractivity contribution in [3.05, 3.63) is 34.2 Å². The van der Waals surface area contributed by atoms with Crippen LogP contribution in [0.25, 0.3) is 0 Å². The molecule has 0 saturated heterocycles. The van der Waals surface area contributed by atoms with Gasteiger partial charge in [0, 0.05) is 29.6 Å². The molecule has 5 heteroatoms. The van der Waals surface area contributed by atoms with Gasteiger partial charge in [-0.2, -0.15) is 11.8 Å². The lowest BCUT2D eigenvalue weighted by Gasteiger charge is -2.08. The third-order valence-electron chi connectivity index (χ3n) is 2.28. The molecule has 0 saturated carbocycles. The predicted octanol–water partition coefficient (Wildman–Crippen LogP) is 1.25. The number of aromatic amines is 1. The van der Waals surface area contributed by atoms with Crippen molar-refractivity contribution in [3.63, 3.8) is 0 Å². The molecular formula is C11H16N2O2S.